The molecule has 0 radical (unpaired) electrons. The summed E-state index contributed by atoms with van der Waals surface area (Å²) < 4.78 is 38.5. The predicted molar refractivity (Wildman–Crippen MR) is 118 cm³/mol. The molecule has 0 fully saturated rings. The molecule has 0 saturated carbocycles. The second kappa shape index (κ2) is 11.9. The number of nitrogens with two attached hydrogens (primary N) is 2. The van der Waals surface area contributed by atoms with E-state index < -0.39 is 22.0 Å². The van der Waals surface area contributed by atoms with Crippen molar-refractivity contribution in [3.8, 4) is 5.75 Å². The van der Waals surface area contributed by atoms with Crippen LogP contribution in [0.5, 0.6) is 5.75 Å². The Balaban J connectivity index is 1.98. The summed E-state index contributed by atoms with van der Waals surface area (Å²) in [6.07, 6.45) is 0.550. The summed E-state index contributed by atoms with van der Waals surface area (Å²) in [6, 6.07) is 14.3. The fraction of sp³-hybridized carbons (Fsp3) is 0.333. The third-order valence-electron chi connectivity index (χ3n) is 4.20. The van der Waals surface area contributed by atoms with Crippen LogP contribution in [0.4, 0.5) is 0 Å². The molecular formula is C21H28N4O5S. The lowest BCUT2D eigenvalue weighted by Gasteiger charge is -2.18. The van der Waals surface area contributed by atoms with Crippen LogP contribution in [0, 0.1) is 6.92 Å². The van der Waals surface area contributed by atoms with Gasteiger partial charge in [0.15, 0.2) is 5.96 Å². The number of sulfonamides is 1. The lowest BCUT2D eigenvalue weighted by Crippen LogP contribution is -2.42. The van der Waals surface area contributed by atoms with Crippen molar-refractivity contribution in [2.45, 2.75) is 30.7 Å². The minimum absolute atomic E-state index is 0.0234. The van der Waals surface area contributed by atoms with Crippen LogP contribution in [0.3, 0.4) is 0 Å². The van der Waals surface area contributed by atoms with Crippen LogP contribution in [0.25, 0.3) is 0 Å². The number of aliphatic imine (C=N–C) groups is 1. The first kappa shape index (κ1) is 24.2. The number of aryl methyl sites for hydroxylation is 1. The smallest absolute Gasteiger partial charge is 0.324 e. The molecule has 168 valence electrons. The number of rotatable bonds is 12. The number of hydrogen-bond donors (Lipinski definition) is 3. The van der Waals surface area contributed by atoms with Gasteiger partial charge >= 0.3 is 5.97 Å². The average Bonchev–Trinajstić information content (AvgIpc) is 2.74. The standard InChI is InChI=1S/C21H28N4O5S/c1-16-9-11-18(12-10-16)31(27,28)25-19(8-5-13-24-21(22)23)20(26)30-15-14-29-17-6-3-2-4-7-17/h2-4,6-7,9-12,19,25H,5,8,13-15H2,1H3,(H4,22,23,24). The van der Waals surface area contributed by atoms with Gasteiger partial charge < -0.3 is 20.9 Å². The fourth-order valence-electron chi connectivity index (χ4n) is 2.62. The van der Waals surface area contributed by atoms with Crippen molar-refractivity contribution >= 4 is 22.0 Å². The van der Waals surface area contributed by atoms with Gasteiger partial charge in [0.2, 0.25) is 10.0 Å². The quantitative estimate of drug-likeness (QED) is 0.192. The number of nitrogens with zero attached hydrogens (tertiary/aromatic N) is 1. The monoisotopic (exact) mass is 448 g/mol. The number of esters is 1. The summed E-state index contributed by atoms with van der Waals surface area (Å²) in [5.41, 5.74) is 11.5. The zero-order valence-corrected chi connectivity index (χ0v) is 18.2. The maximum atomic E-state index is 12.7. The van der Waals surface area contributed by atoms with Crippen molar-refractivity contribution in [2.24, 2.45) is 16.5 Å². The molecule has 31 heavy (non-hydrogen) atoms. The van der Waals surface area contributed by atoms with Crippen molar-refractivity contribution in [3.05, 3.63) is 60.2 Å². The second-order valence-electron chi connectivity index (χ2n) is 6.76. The highest BCUT2D eigenvalue weighted by molar-refractivity contribution is 7.89. The summed E-state index contributed by atoms with van der Waals surface area (Å²) in [7, 11) is -3.92. The Morgan fingerprint density at radius 2 is 1.74 bits per heavy atom. The number of carbonyl (C=O) groups excluding carboxylic acids is 1. The Hall–Kier alpha value is -3.11. The van der Waals surface area contributed by atoms with E-state index in [9.17, 15) is 13.2 Å². The maximum absolute atomic E-state index is 12.7. The van der Waals surface area contributed by atoms with Gasteiger partial charge in [-0.1, -0.05) is 35.9 Å². The van der Waals surface area contributed by atoms with Crippen LogP contribution < -0.4 is 20.9 Å². The summed E-state index contributed by atoms with van der Waals surface area (Å²) >= 11 is 0. The summed E-state index contributed by atoms with van der Waals surface area (Å²) in [4.78, 5) is 16.5. The SMILES string of the molecule is Cc1ccc(S(=O)(=O)NC(CCCN=C(N)N)C(=O)OCCOc2ccccc2)cc1. The molecule has 0 aliphatic carbocycles. The molecule has 0 aliphatic rings. The van der Waals surface area contributed by atoms with E-state index in [1.165, 1.54) is 12.1 Å². The molecule has 0 aromatic heterocycles. The highest BCUT2D eigenvalue weighted by Crippen LogP contribution is 2.13. The van der Waals surface area contributed by atoms with Gasteiger partial charge in [0.1, 0.15) is 25.0 Å². The highest BCUT2D eigenvalue weighted by Gasteiger charge is 2.26. The molecule has 0 bridgehead atoms. The lowest BCUT2D eigenvalue weighted by atomic mass is 10.2. The van der Waals surface area contributed by atoms with Gasteiger partial charge in [-0.2, -0.15) is 4.72 Å². The molecule has 0 heterocycles. The number of ether oxygens (including phenoxy) is 2. The van der Waals surface area contributed by atoms with Crippen LogP contribution in [-0.2, 0) is 19.6 Å². The number of para-hydroxylation sites is 1. The first-order chi connectivity index (χ1) is 14.8. The van der Waals surface area contributed by atoms with Gasteiger partial charge in [-0.05, 0) is 44.0 Å². The molecule has 2 rings (SSSR count). The Labute approximate surface area is 182 Å². The Morgan fingerprint density at radius 3 is 2.39 bits per heavy atom. The molecular weight excluding hydrogens is 420 g/mol. The van der Waals surface area contributed by atoms with Crippen LogP contribution in [-0.4, -0.2) is 46.1 Å². The Morgan fingerprint density at radius 1 is 1.06 bits per heavy atom. The molecule has 0 aliphatic heterocycles. The first-order valence-electron chi connectivity index (χ1n) is 9.77. The molecule has 0 amide bonds. The van der Waals surface area contributed by atoms with Crippen LogP contribution >= 0.6 is 0 Å². The molecule has 9 nitrogen and oxygen atoms in total. The van der Waals surface area contributed by atoms with Gasteiger partial charge in [-0.3, -0.25) is 9.79 Å². The van der Waals surface area contributed by atoms with Gasteiger partial charge in [-0.25, -0.2) is 8.42 Å². The minimum atomic E-state index is -3.92. The number of benzene rings is 2. The minimum Gasteiger partial charge on any atom is -0.490 e. The number of hydrogen-bond acceptors (Lipinski definition) is 6. The number of carbonyl (C=O) groups is 1. The zero-order valence-electron chi connectivity index (χ0n) is 17.4. The van der Waals surface area contributed by atoms with E-state index in [4.69, 9.17) is 20.9 Å². The summed E-state index contributed by atoms with van der Waals surface area (Å²) in [5, 5.41) is 0. The fourth-order valence-corrected chi connectivity index (χ4v) is 3.84. The van der Waals surface area contributed by atoms with Crippen molar-refractivity contribution in [1.29, 1.82) is 0 Å². The van der Waals surface area contributed by atoms with Gasteiger partial charge in [0.25, 0.3) is 0 Å². The predicted octanol–water partition coefficient (Wildman–Crippen LogP) is 1.32. The molecule has 1 unspecified atom stereocenters. The number of nitrogens with one attached hydrogen (secondary N) is 1. The van der Waals surface area contributed by atoms with Crippen molar-refractivity contribution in [2.75, 3.05) is 19.8 Å². The van der Waals surface area contributed by atoms with Crippen LogP contribution in [0.2, 0.25) is 0 Å². The maximum Gasteiger partial charge on any atom is 0.324 e. The molecule has 10 heteroatoms. The van der Waals surface area contributed by atoms with Crippen LogP contribution in [0.15, 0.2) is 64.5 Å². The molecule has 1 atom stereocenters. The summed E-state index contributed by atoms with van der Waals surface area (Å²) in [5.74, 6) is -0.123. The second-order valence-corrected chi connectivity index (χ2v) is 8.48. The molecule has 5 N–H and O–H groups in total. The lowest BCUT2D eigenvalue weighted by molar-refractivity contribution is -0.146. The molecule has 0 saturated heterocycles. The average molecular weight is 449 g/mol. The zero-order chi connectivity index (χ0) is 22.7. The highest BCUT2D eigenvalue weighted by atomic mass is 32.2. The van der Waals surface area contributed by atoms with E-state index in [2.05, 4.69) is 9.71 Å². The normalized spacial score (nSPS) is 12.0. The molecule has 2 aromatic rings. The molecule has 0 spiro atoms. The first-order valence-corrected chi connectivity index (χ1v) is 11.2. The Bertz CT molecular complexity index is 959. The third kappa shape index (κ3) is 8.65. The largest absolute Gasteiger partial charge is 0.490 e. The van der Waals surface area contributed by atoms with E-state index in [-0.39, 0.29) is 37.0 Å². The summed E-state index contributed by atoms with van der Waals surface area (Å²) in [6.45, 7) is 2.23. The van der Waals surface area contributed by atoms with Gasteiger partial charge in [0, 0.05) is 6.54 Å². The van der Waals surface area contributed by atoms with E-state index in [0.717, 1.165) is 5.56 Å². The van der Waals surface area contributed by atoms with Gasteiger partial charge in [0.05, 0.1) is 4.90 Å². The topological polar surface area (TPSA) is 146 Å². The van der Waals surface area contributed by atoms with Crippen molar-refractivity contribution in [3.63, 3.8) is 0 Å². The van der Waals surface area contributed by atoms with E-state index in [0.29, 0.717) is 12.2 Å². The number of guanidine groups is 1. The Kier molecular flexibility index (Phi) is 9.29. The van der Waals surface area contributed by atoms with Crippen LogP contribution in [0.1, 0.15) is 18.4 Å². The van der Waals surface area contributed by atoms with Crippen molar-refractivity contribution in [1.82, 2.24) is 4.72 Å². The van der Waals surface area contributed by atoms with E-state index in [1.807, 2.05) is 25.1 Å². The van der Waals surface area contributed by atoms with E-state index >= 15 is 0 Å². The third-order valence-corrected chi connectivity index (χ3v) is 5.69. The van der Waals surface area contributed by atoms with Gasteiger partial charge in [-0.15, -0.1) is 0 Å². The molecule has 2 aromatic carbocycles. The van der Waals surface area contributed by atoms with Crippen molar-refractivity contribution < 1.29 is 22.7 Å². The van der Waals surface area contributed by atoms with E-state index in [1.54, 1.807) is 24.3 Å².